The normalized spacial score (nSPS) is 7.20. The fraction of sp³-hybridized carbons (Fsp3) is 0.667. The van der Waals surface area contributed by atoms with Crippen LogP contribution >= 0.6 is 21.5 Å². The van der Waals surface area contributed by atoms with E-state index >= 15 is 0 Å². The second-order valence-electron chi connectivity index (χ2n) is 1.98. The molecule has 0 aliphatic carbocycles. The van der Waals surface area contributed by atoms with E-state index in [4.69, 9.17) is 14.4 Å². The summed E-state index contributed by atoms with van der Waals surface area (Å²) in [5.74, 6) is -0.600. The molecule has 0 unspecified atom stereocenters. The average Bonchev–Trinajstić information content (AvgIpc) is 2.35. The summed E-state index contributed by atoms with van der Waals surface area (Å²) in [4.78, 5) is 24.0. The van der Waals surface area contributed by atoms with E-state index in [1.807, 2.05) is 20.4 Å². The molecule has 1 radical (unpaired) electrons. The number of carbonyl (C=O) groups is 3. The van der Waals surface area contributed by atoms with Crippen LogP contribution in [-0.2, 0) is 31.2 Å². The summed E-state index contributed by atoms with van der Waals surface area (Å²) in [5, 5.41) is 0. The van der Waals surface area contributed by atoms with E-state index in [2.05, 4.69) is 36.3 Å². The summed E-state index contributed by atoms with van der Waals surface area (Å²) in [6.07, 6.45) is 4.04. The van der Waals surface area contributed by atoms with Crippen molar-refractivity contribution >= 4 is 41.8 Å². The summed E-state index contributed by atoms with van der Waals surface area (Å²) >= 11 is 3.79. The largest absolute Gasteiger partial charge is 0.307 e. The van der Waals surface area contributed by atoms with Gasteiger partial charge in [-0.15, -0.1) is 0 Å². The number of halogens is 1. The van der Waals surface area contributed by atoms with Gasteiger partial charge in [0.2, 0.25) is 0 Å². The number of rotatable bonds is 3. The summed E-state index contributed by atoms with van der Waals surface area (Å²) in [6.45, 7) is 12.8. The molecule has 95 valence electrons. The van der Waals surface area contributed by atoms with E-state index in [1.165, 1.54) is 18.5 Å². The Morgan fingerprint density at radius 2 is 0.933 bits per heavy atom. The first-order chi connectivity index (χ1) is 6.68. The molecule has 0 aromatic rings. The van der Waals surface area contributed by atoms with Crippen molar-refractivity contribution in [2.75, 3.05) is 18.5 Å². The van der Waals surface area contributed by atoms with Crippen molar-refractivity contribution < 1.29 is 31.2 Å². The van der Waals surface area contributed by atoms with Crippen LogP contribution in [-0.4, -0.2) is 38.9 Å². The van der Waals surface area contributed by atoms with E-state index in [1.54, 1.807) is 0 Å². The van der Waals surface area contributed by atoms with Crippen LogP contribution in [0.15, 0.2) is 0 Å². The SMILES string of the molecule is C=O.C=O.C=O.CC[P+](Br)(CC)CC.[Co]. The predicted octanol–water partition coefficient (Wildman–Crippen LogP) is 2.82. The molecular formula is C9H21BrCoO3P+. The van der Waals surface area contributed by atoms with Crippen molar-refractivity contribution in [1.82, 2.24) is 0 Å². The molecule has 3 nitrogen and oxygen atoms in total. The van der Waals surface area contributed by atoms with Crippen molar-refractivity contribution in [3.8, 4) is 0 Å². The smallest absolute Gasteiger partial charge is 0.138 e. The van der Waals surface area contributed by atoms with Crippen LogP contribution in [0.25, 0.3) is 0 Å². The monoisotopic (exact) mass is 346 g/mol. The van der Waals surface area contributed by atoms with Gasteiger partial charge in [0.15, 0.2) is 0 Å². The Labute approximate surface area is 112 Å². The third-order valence-electron chi connectivity index (χ3n) is 1.70. The van der Waals surface area contributed by atoms with Gasteiger partial charge in [0.25, 0.3) is 0 Å². The van der Waals surface area contributed by atoms with Gasteiger partial charge < -0.3 is 14.4 Å². The maximum absolute atomic E-state index is 8.00. The van der Waals surface area contributed by atoms with Gasteiger partial charge in [-0.1, -0.05) is 0 Å². The van der Waals surface area contributed by atoms with E-state index in [-0.39, 0.29) is 16.8 Å². The molecule has 0 spiro atoms. The zero-order valence-electron chi connectivity index (χ0n) is 9.63. The Morgan fingerprint density at radius 3 is 0.933 bits per heavy atom. The molecule has 0 fully saturated rings. The minimum absolute atomic E-state index is 0. The van der Waals surface area contributed by atoms with Crippen LogP contribution in [0, 0.1) is 0 Å². The average molecular weight is 347 g/mol. The van der Waals surface area contributed by atoms with Crippen molar-refractivity contribution in [2.24, 2.45) is 0 Å². The first-order valence-corrected chi connectivity index (χ1v) is 8.47. The Bertz CT molecular complexity index is 92.3. The van der Waals surface area contributed by atoms with Crippen LogP contribution in [0.5, 0.6) is 0 Å². The molecule has 0 aromatic carbocycles. The summed E-state index contributed by atoms with van der Waals surface area (Å²) in [5.41, 5.74) is 0. The summed E-state index contributed by atoms with van der Waals surface area (Å²) < 4.78 is 0. The van der Waals surface area contributed by atoms with Gasteiger partial charge >= 0.3 is 0 Å². The first kappa shape index (κ1) is 29.5. The van der Waals surface area contributed by atoms with Gasteiger partial charge in [0.1, 0.15) is 35.9 Å². The molecule has 0 atom stereocenters. The summed E-state index contributed by atoms with van der Waals surface area (Å²) in [6, 6.07) is 0. The van der Waals surface area contributed by atoms with Gasteiger partial charge in [-0.05, 0) is 20.8 Å². The molecule has 0 heterocycles. The number of hydrogen-bond acceptors (Lipinski definition) is 3. The van der Waals surface area contributed by atoms with Crippen LogP contribution in [0.3, 0.4) is 0 Å². The first-order valence-electron chi connectivity index (χ1n) is 4.11. The topological polar surface area (TPSA) is 51.2 Å². The van der Waals surface area contributed by atoms with Gasteiger partial charge in [-0.2, -0.15) is 0 Å². The Balaban J connectivity index is -0.0000000410. The molecule has 6 heteroatoms. The fourth-order valence-corrected chi connectivity index (χ4v) is 2.01. The maximum Gasteiger partial charge on any atom is 0.138 e. The summed E-state index contributed by atoms with van der Waals surface area (Å²) in [7, 11) is 0. The Kier molecular flexibility index (Phi) is 57.6. The molecule has 0 aliphatic heterocycles. The molecular weight excluding hydrogens is 326 g/mol. The van der Waals surface area contributed by atoms with E-state index in [0.717, 1.165) is 0 Å². The third-order valence-corrected chi connectivity index (χ3v) is 9.61. The van der Waals surface area contributed by atoms with E-state index < -0.39 is 5.96 Å². The zero-order chi connectivity index (χ0) is 12.6. The maximum atomic E-state index is 8.00. The van der Waals surface area contributed by atoms with Gasteiger partial charge in [0.05, 0.1) is 24.5 Å². The zero-order valence-corrected chi connectivity index (χ0v) is 13.1. The standard InChI is InChI=1S/C6H15BrP.3CH2O.Co/c1-4-8(7,5-2)6-3;3*1-2;/h4-6H2,1-3H3;3*1H2;/q+1;;;;. The molecule has 0 saturated carbocycles. The van der Waals surface area contributed by atoms with Crippen molar-refractivity contribution in [3.05, 3.63) is 0 Å². The Morgan fingerprint density at radius 1 is 0.800 bits per heavy atom. The second kappa shape index (κ2) is 29.3. The second-order valence-corrected chi connectivity index (χ2v) is 10.4. The molecule has 0 amide bonds. The van der Waals surface area contributed by atoms with Crippen molar-refractivity contribution in [3.63, 3.8) is 0 Å². The van der Waals surface area contributed by atoms with Crippen LogP contribution in [0.4, 0.5) is 0 Å². The Hall–Kier alpha value is 0.426. The van der Waals surface area contributed by atoms with E-state index in [9.17, 15) is 0 Å². The molecule has 15 heavy (non-hydrogen) atoms. The van der Waals surface area contributed by atoms with Crippen LogP contribution < -0.4 is 0 Å². The van der Waals surface area contributed by atoms with Crippen LogP contribution in [0.1, 0.15) is 20.8 Å². The third kappa shape index (κ3) is 25.1. The minimum atomic E-state index is -0.600. The van der Waals surface area contributed by atoms with Crippen molar-refractivity contribution in [2.45, 2.75) is 20.8 Å². The number of carbonyl (C=O) groups excluding carboxylic acids is 3. The minimum Gasteiger partial charge on any atom is -0.307 e. The fourth-order valence-electron chi connectivity index (χ4n) is 0.671. The van der Waals surface area contributed by atoms with E-state index in [0.29, 0.717) is 0 Å². The quantitative estimate of drug-likeness (QED) is 0.738. The molecule has 0 bridgehead atoms. The predicted molar refractivity (Wildman–Crippen MR) is 68.8 cm³/mol. The number of hydrogen-bond donors (Lipinski definition) is 0. The van der Waals surface area contributed by atoms with Crippen LogP contribution in [0.2, 0.25) is 0 Å². The molecule has 0 rings (SSSR count). The van der Waals surface area contributed by atoms with Gasteiger partial charge in [0, 0.05) is 16.8 Å². The van der Waals surface area contributed by atoms with Gasteiger partial charge in [-0.3, -0.25) is 0 Å². The molecule has 0 aromatic heterocycles. The molecule has 0 saturated heterocycles. The van der Waals surface area contributed by atoms with Crippen molar-refractivity contribution in [1.29, 1.82) is 0 Å². The van der Waals surface area contributed by atoms with Gasteiger partial charge in [-0.25, -0.2) is 0 Å². The molecule has 0 N–H and O–H groups in total. The molecule has 0 aliphatic rings.